The molecule has 4 aromatic rings. The molecule has 2 aromatic heterocycles. The smallest absolute Gasteiger partial charge is 0.459 e. The molecule has 1 aliphatic heterocycles. The molecule has 4 N–H and O–H groups in total. The number of terminal acetylenes is 1. The number of rotatable bonds is 11. The van der Waals surface area contributed by atoms with Gasteiger partial charge >= 0.3 is 13.7 Å². The van der Waals surface area contributed by atoms with E-state index >= 15 is 4.39 Å². The minimum Gasteiger partial charge on any atom is -0.464 e. The van der Waals surface area contributed by atoms with Crippen LogP contribution in [0.5, 0.6) is 5.75 Å². The molecular formula is C32H39FN7O7P. The largest absolute Gasteiger partial charge is 0.464 e. The number of aliphatic hydroxyl groups excluding tert-OH is 1. The van der Waals surface area contributed by atoms with Gasteiger partial charge in [0, 0.05) is 19.5 Å². The van der Waals surface area contributed by atoms with Crippen LogP contribution in [0.1, 0.15) is 33.9 Å². The van der Waals surface area contributed by atoms with Crippen LogP contribution in [-0.2, 0) is 23.4 Å². The topological polar surface area (TPSA) is 176 Å². The van der Waals surface area contributed by atoms with Crippen molar-refractivity contribution in [1.82, 2.24) is 24.6 Å². The van der Waals surface area contributed by atoms with Crippen molar-refractivity contribution in [3.05, 3.63) is 48.8 Å². The Balaban J connectivity index is 1.43. The van der Waals surface area contributed by atoms with E-state index in [4.69, 9.17) is 30.7 Å². The number of carbonyl (C=O) groups is 1. The molecule has 1 saturated heterocycles. The monoisotopic (exact) mass is 683 g/mol. The quantitative estimate of drug-likeness (QED) is 0.118. The average molecular weight is 684 g/mol. The lowest BCUT2D eigenvalue weighted by molar-refractivity contribution is -0.148. The van der Waals surface area contributed by atoms with E-state index < -0.39 is 50.5 Å². The van der Waals surface area contributed by atoms with E-state index in [1.165, 1.54) is 17.8 Å². The maximum absolute atomic E-state index is 16.5. The normalized spacial score (nSPS) is 23.0. The summed E-state index contributed by atoms with van der Waals surface area (Å²) in [6.45, 7) is 6.56. The number of halogens is 1. The van der Waals surface area contributed by atoms with Crippen LogP contribution in [0, 0.1) is 17.8 Å². The first-order valence-corrected chi connectivity index (χ1v) is 16.6. The molecule has 1 fully saturated rings. The number of nitrogens with one attached hydrogen (secondary N) is 1. The first-order chi connectivity index (χ1) is 22.5. The number of esters is 1. The summed E-state index contributed by atoms with van der Waals surface area (Å²) in [5.74, 6) is 1.74. The minimum absolute atomic E-state index is 0.107. The molecule has 0 saturated carbocycles. The predicted molar refractivity (Wildman–Crippen MR) is 178 cm³/mol. The van der Waals surface area contributed by atoms with Gasteiger partial charge in [-0.15, -0.1) is 6.42 Å². The molecule has 0 radical (unpaired) electrons. The minimum atomic E-state index is -4.47. The van der Waals surface area contributed by atoms with E-state index in [-0.39, 0.29) is 34.9 Å². The van der Waals surface area contributed by atoms with Crippen molar-refractivity contribution in [2.75, 3.05) is 37.9 Å². The number of nitrogens with two attached hydrogens (primary N) is 1. The second-order valence-electron chi connectivity index (χ2n) is 12.9. The number of benzene rings is 2. The summed E-state index contributed by atoms with van der Waals surface area (Å²) < 4.78 is 55.1. The maximum atomic E-state index is 16.5. The van der Waals surface area contributed by atoms with E-state index in [0.717, 1.165) is 5.39 Å². The van der Waals surface area contributed by atoms with Crippen LogP contribution in [0.2, 0.25) is 0 Å². The van der Waals surface area contributed by atoms with Gasteiger partial charge in [0.05, 0.1) is 19.5 Å². The summed E-state index contributed by atoms with van der Waals surface area (Å²) in [7, 11) is -1.02. The zero-order chi connectivity index (χ0) is 35.0. The van der Waals surface area contributed by atoms with Crippen LogP contribution >= 0.6 is 7.75 Å². The van der Waals surface area contributed by atoms with Gasteiger partial charge in [0.1, 0.15) is 24.0 Å². The van der Waals surface area contributed by atoms with Crippen molar-refractivity contribution in [3.63, 3.8) is 0 Å². The third kappa shape index (κ3) is 7.08. The Morgan fingerprint density at radius 2 is 1.98 bits per heavy atom. The molecule has 0 aliphatic carbocycles. The average Bonchev–Trinajstić information content (AvgIpc) is 3.55. The molecule has 2 aromatic carbocycles. The number of alkyl halides is 1. The predicted octanol–water partition coefficient (Wildman–Crippen LogP) is 4.00. The highest BCUT2D eigenvalue weighted by molar-refractivity contribution is 7.52. The Morgan fingerprint density at radius 1 is 1.27 bits per heavy atom. The number of ether oxygens (including phenoxy) is 2. The number of aliphatic hydroxyl groups is 1. The Kier molecular flexibility index (Phi) is 9.69. The molecule has 0 spiro atoms. The number of aromatic nitrogens is 4. The third-order valence-electron chi connectivity index (χ3n) is 7.49. The molecule has 256 valence electrons. The molecule has 14 nitrogen and oxygen atoms in total. The molecule has 0 amide bonds. The van der Waals surface area contributed by atoms with Gasteiger partial charge in [-0.05, 0) is 23.8 Å². The fourth-order valence-corrected chi connectivity index (χ4v) is 6.60. The Morgan fingerprint density at radius 3 is 2.67 bits per heavy atom. The lowest BCUT2D eigenvalue weighted by Gasteiger charge is -2.26. The van der Waals surface area contributed by atoms with Gasteiger partial charge in [-0.25, -0.2) is 13.9 Å². The van der Waals surface area contributed by atoms with E-state index in [0.29, 0.717) is 11.2 Å². The standard InChI is InChI=1S/C32H39FN7O7P/c1-8-32(33)25(41)23(46-29(32)40-18-35-24-26(39(6)7)36-30(34)37-27(24)40)16-45-48(43,38-19(2)28(42)44-17-31(3,4)5)47-22-15-11-13-20-12-9-10-14-21(20)22/h1,9-15,18-19,23,25,29,41H,16-17H2,2-7H3,(H,38,43)(H2,34,36,37)/t19-,23+,25+,29+,32+,48?/m0/s1. The summed E-state index contributed by atoms with van der Waals surface area (Å²) >= 11 is 0. The molecular weight excluding hydrogens is 644 g/mol. The Hall–Kier alpha value is -4.32. The number of anilines is 2. The molecule has 3 heterocycles. The summed E-state index contributed by atoms with van der Waals surface area (Å²) in [6, 6.07) is 11.2. The lowest BCUT2D eigenvalue weighted by Crippen LogP contribution is -2.42. The molecule has 6 atom stereocenters. The number of imidazole rings is 1. The van der Waals surface area contributed by atoms with E-state index in [9.17, 15) is 14.5 Å². The number of nitrogen functional groups attached to an aromatic ring is 1. The summed E-state index contributed by atoms with van der Waals surface area (Å²) in [4.78, 5) is 27.2. The van der Waals surface area contributed by atoms with Gasteiger partial charge < -0.3 is 29.7 Å². The zero-order valence-corrected chi connectivity index (χ0v) is 28.3. The highest BCUT2D eigenvalue weighted by Crippen LogP contribution is 2.49. The van der Waals surface area contributed by atoms with Crippen LogP contribution in [0.25, 0.3) is 21.9 Å². The molecule has 48 heavy (non-hydrogen) atoms. The van der Waals surface area contributed by atoms with Crippen LogP contribution in [0.4, 0.5) is 16.2 Å². The number of hydrogen-bond acceptors (Lipinski definition) is 12. The van der Waals surface area contributed by atoms with Gasteiger partial charge in [-0.2, -0.15) is 15.1 Å². The first-order valence-electron chi connectivity index (χ1n) is 15.1. The van der Waals surface area contributed by atoms with Crippen LogP contribution in [0.3, 0.4) is 0 Å². The molecule has 5 rings (SSSR count). The van der Waals surface area contributed by atoms with Crippen LogP contribution < -0.4 is 20.2 Å². The highest BCUT2D eigenvalue weighted by atomic mass is 31.2. The second-order valence-corrected chi connectivity index (χ2v) is 14.6. The van der Waals surface area contributed by atoms with E-state index in [1.807, 2.05) is 44.9 Å². The fraction of sp³-hybridized carbons (Fsp3) is 0.438. The van der Waals surface area contributed by atoms with Gasteiger partial charge in [0.25, 0.3) is 0 Å². The molecule has 1 aliphatic rings. The Labute approximate surface area is 277 Å². The highest BCUT2D eigenvalue weighted by Gasteiger charge is 2.58. The van der Waals surface area contributed by atoms with Crippen molar-refractivity contribution in [2.24, 2.45) is 5.41 Å². The molecule has 1 unspecified atom stereocenters. The van der Waals surface area contributed by atoms with Crippen molar-refractivity contribution in [2.45, 2.75) is 57.8 Å². The van der Waals surface area contributed by atoms with Gasteiger partial charge in [-0.1, -0.05) is 63.1 Å². The lowest BCUT2D eigenvalue weighted by atomic mass is 9.97. The maximum Gasteiger partial charge on any atom is 0.459 e. The van der Waals surface area contributed by atoms with E-state index in [2.05, 4.69) is 20.0 Å². The second kappa shape index (κ2) is 13.3. The van der Waals surface area contributed by atoms with Crippen molar-refractivity contribution in [3.8, 4) is 18.1 Å². The summed E-state index contributed by atoms with van der Waals surface area (Å²) in [5, 5.41) is 15.2. The van der Waals surface area contributed by atoms with Gasteiger partial charge in [0.15, 0.2) is 23.2 Å². The van der Waals surface area contributed by atoms with Gasteiger partial charge in [0.2, 0.25) is 11.6 Å². The van der Waals surface area contributed by atoms with Crippen LogP contribution in [0.15, 0.2) is 48.8 Å². The van der Waals surface area contributed by atoms with Crippen molar-refractivity contribution in [1.29, 1.82) is 0 Å². The van der Waals surface area contributed by atoms with Crippen LogP contribution in [-0.4, -0.2) is 81.8 Å². The first kappa shape index (κ1) is 35.0. The molecule has 16 heteroatoms. The van der Waals surface area contributed by atoms with E-state index in [1.54, 1.807) is 43.3 Å². The Bertz CT molecular complexity index is 1900. The zero-order valence-electron chi connectivity index (χ0n) is 27.5. The number of nitrogens with zero attached hydrogens (tertiary/aromatic N) is 5. The summed E-state index contributed by atoms with van der Waals surface area (Å²) in [6.07, 6.45) is 1.80. The SMILES string of the molecule is C#C[C@@]1(F)[C@H](O)[C@@H](COP(=O)(N[C@@H](C)C(=O)OCC(C)(C)C)Oc2cccc3ccccc23)O[C@H]1n1cnc2c(N(C)C)nc(N)nc21. The number of hydrogen-bond donors (Lipinski definition) is 3. The van der Waals surface area contributed by atoms with Crippen molar-refractivity contribution < 1.29 is 37.4 Å². The third-order valence-corrected chi connectivity index (χ3v) is 9.12. The fourth-order valence-electron chi connectivity index (χ4n) is 5.08. The van der Waals surface area contributed by atoms with Gasteiger partial charge in [-0.3, -0.25) is 13.9 Å². The summed E-state index contributed by atoms with van der Waals surface area (Å²) in [5.41, 5.74) is 3.19. The number of fused-ring (bicyclic) bond motifs is 2. The number of carbonyl (C=O) groups excluding carboxylic acids is 1. The molecule has 0 bridgehead atoms. The van der Waals surface area contributed by atoms with Crippen molar-refractivity contribution >= 4 is 47.4 Å².